The highest BCUT2D eigenvalue weighted by molar-refractivity contribution is 7.92. The molecule has 1 rings (SSSR count). The van der Waals surface area contributed by atoms with Crippen molar-refractivity contribution < 1.29 is 8.42 Å². The van der Waals surface area contributed by atoms with Crippen molar-refractivity contribution in [2.45, 2.75) is 0 Å². The normalized spacial score (nSPS) is 10.5. The third-order valence-corrected chi connectivity index (χ3v) is 1.76. The van der Waals surface area contributed by atoms with E-state index in [0.717, 1.165) is 6.26 Å². The minimum absolute atomic E-state index is 0.210. The zero-order valence-corrected chi connectivity index (χ0v) is 7.67. The maximum Gasteiger partial charge on any atom is 0.230 e. The number of nitriles is 1. The molecule has 0 spiro atoms. The van der Waals surface area contributed by atoms with Gasteiger partial charge in [0.05, 0.1) is 11.8 Å². The largest absolute Gasteiger partial charge is 0.268 e. The second-order valence-corrected chi connectivity index (χ2v) is 4.17. The van der Waals surface area contributed by atoms with Gasteiger partial charge in [0.2, 0.25) is 10.0 Å². The average Bonchev–Trinajstić information content (AvgIpc) is 2.03. The Kier molecular flexibility index (Phi) is 2.49. The maximum atomic E-state index is 10.7. The second kappa shape index (κ2) is 3.41. The molecule has 0 saturated heterocycles. The van der Waals surface area contributed by atoms with Crippen molar-refractivity contribution in [2.75, 3.05) is 11.0 Å². The van der Waals surface area contributed by atoms with Gasteiger partial charge in [-0.15, -0.1) is 0 Å². The van der Waals surface area contributed by atoms with Crippen LogP contribution in [0.5, 0.6) is 0 Å². The summed E-state index contributed by atoms with van der Waals surface area (Å²) in [6.07, 6.45) is 2.33. The van der Waals surface area contributed by atoms with Gasteiger partial charge in [-0.3, -0.25) is 4.72 Å². The topological polar surface area (TPSA) is 82.9 Å². The summed E-state index contributed by atoms with van der Waals surface area (Å²) in [4.78, 5) is 3.72. The van der Waals surface area contributed by atoms with Crippen molar-refractivity contribution in [1.29, 1.82) is 5.26 Å². The predicted octanol–water partition coefficient (Wildman–Crippen LogP) is 0.325. The summed E-state index contributed by atoms with van der Waals surface area (Å²) in [7, 11) is -3.29. The quantitative estimate of drug-likeness (QED) is 0.740. The smallest absolute Gasteiger partial charge is 0.230 e. The van der Waals surface area contributed by atoms with E-state index >= 15 is 0 Å². The van der Waals surface area contributed by atoms with Crippen LogP contribution in [-0.2, 0) is 10.0 Å². The van der Waals surface area contributed by atoms with E-state index < -0.39 is 10.0 Å². The Morgan fingerprint density at radius 1 is 1.54 bits per heavy atom. The number of nitrogens with zero attached hydrogens (tertiary/aromatic N) is 2. The monoisotopic (exact) mass is 197 g/mol. The maximum absolute atomic E-state index is 10.7. The summed E-state index contributed by atoms with van der Waals surface area (Å²) >= 11 is 0. The van der Waals surface area contributed by atoms with Gasteiger partial charge >= 0.3 is 0 Å². The number of sulfonamides is 1. The number of pyridine rings is 1. The van der Waals surface area contributed by atoms with E-state index in [4.69, 9.17) is 5.26 Å². The number of rotatable bonds is 2. The van der Waals surface area contributed by atoms with Crippen LogP contribution in [0, 0.1) is 11.3 Å². The molecule has 1 aromatic heterocycles. The minimum Gasteiger partial charge on any atom is -0.268 e. The van der Waals surface area contributed by atoms with E-state index in [2.05, 4.69) is 9.71 Å². The molecular weight excluding hydrogens is 190 g/mol. The summed E-state index contributed by atoms with van der Waals surface area (Å²) in [5, 5.41) is 8.43. The van der Waals surface area contributed by atoms with Crippen LogP contribution in [0.3, 0.4) is 0 Å². The van der Waals surface area contributed by atoms with E-state index in [1.807, 2.05) is 6.07 Å². The lowest BCUT2D eigenvalue weighted by Gasteiger charge is -2.00. The Bertz CT molecular complexity index is 430. The zero-order valence-electron chi connectivity index (χ0n) is 6.85. The molecule has 0 bridgehead atoms. The van der Waals surface area contributed by atoms with Crippen LogP contribution in [0.25, 0.3) is 0 Å². The molecule has 13 heavy (non-hydrogen) atoms. The SMILES string of the molecule is CS(=O)(=O)Nc1ccc(C#N)cn1. The van der Waals surface area contributed by atoms with E-state index in [1.54, 1.807) is 0 Å². The molecule has 0 fully saturated rings. The first-order chi connectivity index (χ1) is 6.01. The van der Waals surface area contributed by atoms with Crippen molar-refractivity contribution in [2.24, 2.45) is 0 Å². The molecular formula is C7H7N3O2S. The Morgan fingerprint density at radius 3 is 2.62 bits per heavy atom. The minimum atomic E-state index is -3.29. The Hall–Kier alpha value is -1.61. The molecule has 1 aromatic rings. The number of hydrogen-bond donors (Lipinski definition) is 1. The molecule has 5 nitrogen and oxygen atoms in total. The van der Waals surface area contributed by atoms with Crippen LogP contribution in [-0.4, -0.2) is 19.7 Å². The van der Waals surface area contributed by atoms with Crippen molar-refractivity contribution in [3.8, 4) is 6.07 Å². The number of hydrogen-bond acceptors (Lipinski definition) is 4. The van der Waals surface area contributed by atoms with Crippen LogP contribution in [0.1, 0.15) is 5.56 Å². The van der Waals surface area contributed by atoms with Gasteiger partial charge in [0, 0.05) is 6.20 Å². The van der Waals surface area contributed by atoms with Crippen LogP contribution in [0.4, 0.5) is 5.82 Å². The number of anilines is 1. The Balaban J connectivity index is 2.89. The van der Waals surface area contributed by atoms with Gasteiger partial charge in [-0.05, 0) is 12.1 Å². The molecule has 0 atom stereocenters. The molecule has 0 aliphatic heterocycles. The van der Waals surface area contributed by atoms with Gasteiger partial charge in [-0.2, -0.15) is 5.26 Å². The fourth-order valence-corrected chi connectivity index (χ4v) is 1.21. The first-order valence-corrected chi connectivity index (χ1v) is 5.24. The highest BCUT2D eigenvalue weighted by Gasteiger charge is 2.01. The lowest BCUT2D eigenvalue weighted by atomic mass is 10.3. The van der Waals surface area contributed by atoms with Gasteiger partial charge in [0.1, 0.15) is 11.9 Å². The fraction of sp³-hybridized carbons (Fsp3) is 0.143. The molecule has 0 aliphatic carbocycles. The Morgan fingerprint density at radius 2 is 2.23 bits per heavy atom. The van der Waals surface area contributed by atoms with Gasteiger partial charge < -0.3 is 0 Å². The first-order valence-electron chi connectivity index (χ1n) is 3.35. The van der Waals surface area contributed by atoms with Crippen LogP contribution in [0.2, 0.25) is 0 Å². The lowest BCUT2D eigenvalue weighted by Crippen LogP contribution is -2.10. The summed E-state index contributed by atoms with van der Waals surface area (Å²) < 4.78 is 23.7. The predicted molar refractivity (Wildman–Crippen MR) is 47.4 cm³/mol. The van der Waals surface area contributed by atoms with Crippen molar-refractivity contribution in [3.63, 3.8) is 0 Å². The summed E-state index contributed by atoms with van der Waals surface area (Å²) in [6.45, 7) is 0. The first kappa shape index (κ1) is 9.48. The highest BCUT2D eigenvalue weighted by Crippen LogP contribution is 2.04. The number of aromatic nitrogens is 1. The molecule has 0 unspecified atom stereocenters. The van der Waals surface area contributed by atoms with Gasteiger partial charge in [0.15, 0.2) is 0 Å². The summed E-state index contributed by atoms with van der Waals surface area (Å²) in [5.74, 6) is 0.210. The number of nitrogens with one attached hydrogen (secondary N) is 1. The lowest BCUT2D eigenvalue weighted by molar-refractivity contribution is 0.606. The van der Waals surface area contributed by atoms with E-state index in [9.17, 15) is 8.42 Å². The molecule has 0 aromatic carbocycles. The molecule has 0 amide bonds. The Labute approximate surface area is 76.1 Å². The summed E-state index contributed by atoms with van der Waals surface area (Å²) in [5.41, 5.74) is 0.388. The van der Waals surface area contributed by atoms with Gasteiger partial charge in [-0.1, -0.05) is 0 Å². The zero-order chi connectivity index (χ0) is 9.90. The standard InChI is InChI=1S/C7H7N3O2S/c1-13(11,12)10-7-3-2-6(4-8)5-9-7/h2-3,5H,1H3,(H,9,10). The van der Waals surface area contributed by atoms with Crippen LogP contribution >= 0.6 is 0 Å². The van der Waals surface area contributed by atoms with Gasteiger partial charge in [-0.25, -0.2) is 13.4 Å². The van der Waals surface area contributed by atoms with Crippen molar-refractivity contribution in [1.82, 2.24) is 4.98 Å². The van der Waals surface area contributed by atoms with Crippen LogP contribution < -0.4 is 4.72 Å². The highest BCUT2D eigenvalue weighted by atomic mass is 32.2. The third-order valence-electron chi connectivity index (χ3n) is 1.18. The van der Waals surface area contributed by atoms with Crippen molar-refractivity contribution in [3.05, 3.63) is 23.9 Å². The molecule has 68 valence electrons. The van der Waals surface area contributed by atoms with Gasteiger partial charge in [0.25, 0.3) is 0 Å². The second-order valence-electron chi connectivity index (χ2n) is 2.42. The van der Waals surface area contributed by atoms with Crippen molar-refractivity contribution >= 4 is 15.8 Å². The molecule has 0 saturated carbocycles. The average molecular weight is 197 g/mol. The molecule has 1 N–H and O–H groups in total. The van der Waals surface area contributed by atoms with E-state index in [1.165, 1.54) is 18.3 Å². The summed E-state index contributed by atoms with van der Waals surface area (Å²) in [6, 6.07) is 4.79. The molecule has 0 aliphatic rings. The van der Waals surface area contributed by atoms with E-state index in [-0.39, 0.29) is 5.82 Å². The molecule has 1 heterocycles. The fourth-order valence-electron chi connectivity index (χ4n) is 0.710. The molecule has 0 radical (unpaired) electrons. The molecule has 6 heteroatoms. The third kappa shape index (κ3) is 3.09. The van der Waals surface area contributed by atoms with E-state index in [0.29, 0.717) is 5.56 Å². The van der Waals surface area contributed by atoms with Crippen LogP contribution in [0.15, 0.2) is 18.3 Å².